The third kappa shape index (κ3) is 4.66. The Kier molecular flexibility index (Phi) is 5.11. The molecule has 0 aromatic heterocycles. The lowest BCUT2D eigenvalue weighted by Gasteiger charge is -2.04. The van der Waals surface area contributed by atoms with Crippen molar-refractivity contribution in [1.82, 2.24) is 0 Å². The molecule has 0 saturated heterocycles. The highest BCUT2D eigenvalue weighted by atomic mass is 16.4. The average Bonchev–Trinajstić information content (AvgIpc) is 2.53. The Hall–Kier alpha value is -3.32. The zero-order valence-corrected chi connectivity index (χ0v) is 11.6. The zero-order chi connectivity index (χ0) is 15.8. The molecule has 0 aliphatic heterocycles. The van der Waals surface area contributed by atoms with E-state index in [-0.39, 0.29) is 0 Å². The number of carbonyl (C=O) groups excluding carboxylic acids is 2. The third-order valence-corrected chi connectivity index (χ3v) is 2.67. The van der Waals surface area contributed by atoms with Crippen LogP contribution in [0.4, 0.5) is 5.69 Å². The summed E-state index contributed by atoms with van der Waals surface area (Å²) in [5.41, 5.74) is 2.01. The molecule has 0 bridgehead atoms. The first-order valence-corrected chi connectivity index (χ1v) is 6.51. The van der Waals surface area contributed by atoms with Crippen molar-refractivity contribution in [2.45, 2.75) is 0 Å². The van der Waals surface area contributed by atoms with Crippen molar-refractivity contribution in [2.75, 3.05) is 5.32 Å². The van der Waals surface area contributed by atoms with Gasteiger partial charge < -0.3 is 15.2 Å². The Balaban J connectivity index is 2.19. The van der Waals surface area contributed by atoms with Crippen LogP contribution >= 0.6 is 0 Å². The zero-order valence-electron chi connectivity index (χ0n) is 11.6. The summed E-state index contributed by atoms with van der Waals surface area (Å²) in [7, 11) is 0. The molecular formula is C18H12NO3-. The second-order valence-electron chi connectivity index (χ2n) is 4.30. The average molecular weight is 290 g/mol. The van der Waals surface area contributed by atoms with Gasteiger partial charge in [0, 0.05) is 17.2 Å². The number of hydrogen-bond donors (Lipinski definition) is 1. The van der Waals surface area contributed by atoms with Crippen molar-refractivity contribution < 1.29 is 14.7 Å². The molecule has 4 heteroatoms. The number of hydrogen-bond acceptors (Lipinski definition) is 3. The molecule has 0 aliphatic rings. The van der Waals surface area contributed by atoms with Gasteiger partial charge in [-0.2, -0.15) is 0 Å². The summed E-state index contributed by atoms with van der Waals surface area (Å²) in [4.78, 5) is 21.9. The smallest absolute Gasteiger partial charge is 0.248 e. The molecule has 1 N–H and O–H groups in total. The molecule has 108 valence electrons. The van der Waals surface area contributed by atoms with Crippen LogP contribution in [0.1, 0.15) is 11.1 Å². The van der Waals surface area contributed by atoms with Crippen LogP contribution in [0.2, 0.25) is 0 Å². The lowest BCUT2D eigenvalue weighted by molar-refractivity contribution is -0.297. The molecule has 2 aromatic carbocycles. The molecule has 0 atom stereocenters. The highest BCUT2D eigenvalue weighted by molar-refractivity contribution is 6.02. The van der Waals surface area contributed by atoms with Gasteiger partial charge in [-0.05, 0) is 30.3 Å². The fourth-order valence-corrected chi connectivity index (χ4v) is 1.68. The fourth-order valence-electron chi connectivity index (χ4n) is 1.68. The van der Waals surface area contributed by atoms with Gasteiger partial charge in [-0.1, -0.05) is 42.2 Å². The van der Waals surface area contributed by atoms with Crippen molar-refractivity contribution in [3.05, 3.63) is 77.9 Å². The SMILES string of the molecule is O=C([O-])C=CC(=O)Nc1ccccc1C#Cc1ccccc1. The number of nitrogens with one attached hydrogen (secondary N) is 1. The van der Waals surface area contributed by atoms with Crippen LogP contribution in [0.5, 0.6) is 0 Å². The van der Waals surface area contributed by atoms with Gasteiger partial charge in [0.25, 0.3) is 0 Å². The number of anilines is 1. The van der Waals surface area contributed by atoms with Crippen LogP contribution in [0, 0.1) is 11.8 Å². The van der Waals surface area contributed by atoms with Gasteiger partial charge in [0.2, 0.25) is 5.91 Å². The number of carboxylic acids is 1. The number of amides is 1. The second-order valence-corrected chi connectivity index (χ2v) is 4.30. The number of para-hydroxylation sites is 1. The normalized spacial score (nSPS) is 9.82. The van der Waals surface area contributed by atoms with Crippen molar-refractivity contribution in [2.24, 2.45) is 0 Å². The lowest BCUT2D eigenvalue weighted by atomic mass is 10.1. The van der Waals surface area contributed by atoms with Crippen LogP contribution in [-0.2, 0) is 9.59 Å². The topological polar surface area (TPSA) is 69.2 Å². The van der Waals surface area contributed by atoms with Gasteiger partial charge in [-0.15, -0.1) is 0 Å². The molecule has 0 fully saturated rings. The first kappa shape index (κ1) is 15.1. The predicted octanol–water partition coefficient (Wildman–Crippen LogP) is 1.33. The summed E-state index contributed by atoms with van der Waals surface area (Å²) >= 11 is 0. The highest BCUT2D eigenvalue weighted by Gasteiger charge is 2.02. The Morgan fingerprint density at radius 3 is 2.32 bits per heavy atom. The van der Waals surface area contributed by atoms with Crippen LogP contribution < -0.4 is 10.4 Å². The quantitative estimate of drug-likeness (QED) is 0.685. The first-order valence-electron chi connectivity index (χ1n) is 6.51. The number of aliphatic carboxylic acids is 1. The van der Waals surface area contributed by atoms with E-state index in [0.29, 0.717) is 17.3 Å². The molecule has 2 aromatic rings. The van der Waals surface area contributed by atoms with Gasteiger partial charge in [-0.25, -0.2) is 0 Å². The molecule has 0 unspecified atom stereocenters. The maximum absolute atomic E-state index is 11.6. The van der Waals surface area contributed by atoms with Gasteiger partial charge in [0.05, 0.1) is 11.7 Å². The van der Waals surface area contributed by atoms with E-state index in [9.17, 15) is 14.7 Å². The lowest BCUT2D eigenvalue weighted by Crippen LogP contribution is -2.20. The van der Waals surface area contributed by atoms with E-state index in [1.54, 1.807) is 18.2 Å². The number of carbonyl (C=O) groups is 2. The molecule has 0 aliphatic carbocycles. The van der Waals surface area contributed by atoms with Gasteiger partial charge in [-0.3, -0.25) is 4.79 Å². The largest absolute Gasteiger partial charge is 0.545 e. The van der Waals surface area contributed by atoms with Crippen molar-refractivity contribution >= 4 is 17.6 Å². The Morgan fingerprint density at radius 2 is 1.59 bits per heavy atom. The molecule has 1 amide bonds. The Morgan fingerprint density at radius 1 is 0.909 bits per heavy atom. The van der Waals surface area contributed by atoms with E-state index < -0.39 is 11.9 Å². The minimum atomic E-state index is -1.42. The molecule has 22 heavy (non-hydrogen) atoms. The molecule has 4 nitrogen and oxygen atoms in total. The summed E-state index contributed by atoms with van der Waals surface area (Å²) in [5.74, 6) is 4.00. The molecule has 0 spiro atoms. The highest BCUT2D eigenvalue weighted by Crippen LogP contribution is 2.14. The maximum Gasteiger partial charge on any atom is 0.248 e. The monoisotopic (exact) mass is 290 g/mol. The van der Waals surface area contributed by atoms with Crippen molar-refractivity contribution in [3.8, 4) is 11.8 Å². The second kappa shape index (κ2) is 7.46. The molecule has 0 saturated carbocycles. The van der Waals surface area contributed by atoms with E-state index >= 15 is 0 Å². The van der Waals surface area contributed by atoms with Crippen LogP contribution in [-0.4, -0.2) is 11.9 Å². The van der Waals surface area contributed by atoms with Crippen LogP contribution in [0.25, 0.3) is 0 Å². The molecule has 0 heterocycles. The first-order chi connectivity index (χ1) is 10.6. The Bertz CT molecular complexity index is 768. The minimum Gasteiger partial charge on any atom is -0.545 e. The summed E-state index contributed by atoms with van der Waals surface area (Å²) in [6.07, 6.45) is 1.57. The minimum absolute atomic E-state index is 0.513. The van der Waals surface area contributed by atoms with Crippen molar-refractivity contribution in [3.63, 3.8) is 0 Å². The summed E-state index contributed by atoms with van der Waals surface area (Å²) in [6, 6.07) is 16.5. The van der Waals surface area contributed by atoms with E-state index in [1.807, 2.05) is 36.4 Å². The van der Waals surface area contributed by atoms with E-state index in [2.05, 4.69) is 17.2 Å². The third-order valence-electron chi connectivity index (χ3n) is 2.67. The van der Waals surface area contributed by atoms with Crippen LogP contribution in [0.15, 0.2) is 66.7 Å². The van der Waals surface area contributed by atoms with Crippen LogP contribution in [0.3, 0.4) is 0 Å². The summed E-state index contributed by atoms with van der Waals surface area (Å²) in [5, 5.41) is 12.9. The van der Waals surface area contributed by atoms with E-state index in [1.165, 1.54) is 0 Å². The summed E-state index contributed by atoms with van der Waals surface area (Å²) < 4.78 is 0. The molecule has 0 radical (unpaired) electrons. The van der Waals surface area contributed by atoms with E-state index in [4.69, 9.17) is 0 Å². The van der Waals surface area contributed by atoms with Crippen molar-refractivity contribution in [1.29, 1.82) is 0 Å². The summed E-state index contributed by atoms with van der Waals surface area (Å²) in [6.45, 7) is 0. The number of carboxylic acid groups (broad SMARTS) is 1. The van der Waals surface area contributed by atoms with Gasteiger partial charge in [0.15, 0.2) is 0 Å². The fraction of sp³-hybridized carbons (Fsp3) is 0. The van der Waals surface area contributed by atoms with Gasteiger partial charge >= 0.3 is 0 Å². The van der Waals surface area contributed by atoms with Gasteiger partial charge in [0.1, 0.15) is 0 Å². The standard InChI is InChI=1S/C18H13NO3/c20-17(12-13-18(21)22)19-16-9-5-4-8-15(16)11-10-14-6-2-1-3-7-14/h1-9,12-13H,(H,19,20)(H,21,22)/p-1. The molecular weight excluding hydrogens is 278 g/mol. The Labute approximate surface area is 128 Å². The number of benzene rings is 2. The number of rotatable bonds is 3. The maximum atomic E-state index is 11.6. The predicted molar refractivity (Wildman–Crippen MR) is 81.6 cm³/mol. The molecule has 2 rings (SSSR count). The van der Waals surface area contributed by atoms with E-state index in [0.717, 1.165) is 11.6 Å².